The van der Waals surface area contributed by atoms with Gasteiger partial charge in [-0.05, 0) is 32.8 Å². The Morgan fingerprint density at radius 3 is 2.65 bits per heavy atom. The molecule has 2 heterocycles. The number of nitrogens with zero attached hydrogens (tertiary/aromatic N) is 3. The number of aromatic nitrogens is 2. The molecule has 120 valence electrons. The maximum atomic E-state index is 12.2. The number of amides is 1. The average Bonchev–Trinajstić information content (AvgIpc) is 2.53. The molecule has 0 fully saturated rings. The van der Waals surface area contributed by atoms with Crippen LogP contribution in [0.1, 0.15) is 32.0 Å². The molecule has 23 heavy (non-hydrogen) atoms. The standard InChI is InChI=1S/C18H21N3O2/c1-18(2,3)23-17(22)21-10-9-14-11-19-16(20-15(14)12-21)13-7-5-4-6-8-13/h4-8,11H,9-10,12H2,1-3H3. The lowest BCUT2D eigenvalue weighted by molar-refractivity contribution is 0.0220. The van der Waals surface area contributed by atoms with Crippen molar-refractivity contribution in [3.63, 3.8) is 0 Å². The van der Waals surface area contributed by atoms with E-state index >= 15 is 0 Å². The summed E-state index contributed by atoms with van der Waals surface area (Å²) in [6.45, 7) is 6.72. The quantitative estimate of drug-likeness (QED) is 0.809. The first-order valence-corrected chi connectivity index (χ1v) is 7.80. The molecule has 0 saturated heterocycles. The Bertz CT molecular complexity index is 708. The number of hydrogen-bond donors (Lipinski definition) is 0. The summed E-state index contributed by atoms with van der Waals surface area (Å²) in [6, 6.07) is 9.86. The first-order chi connectivity index (χ1) is 10.9. The molecule has 0 radical (unpaired) electrons. The number of rotatable bonds is 1. The number of benzene rings is 1. The molecule has 1 amide bonds. The van der Waals surface area contributed by atoms with Gasteiger partial charge in [-0.15, -0.1) is 0 Å². The number of hydrogen-bond acceptors (Lipinski definition) is 4. The highest BCUT2D eigenvalue weighted by Crippen LogP contribution is 2.22. The van der Waals surface area contributed by atoms with Crippen LogP contribution in [0.5, 0.6) is 0 Å². The summed E-state index contributed by atoms with van der Waals surface area (Å²) in [5.41, 5.74) is 2.49. The highest BCUT2D eigenvalue weighted by atomic mass is 16.6. The van der Waals surface area contributed by atoms with Crippen molar-refractivity contribution in [2.75, 3.05) is 6.54 Å². The van der Waals surface area contributed by atoms with Gasteiger partial charge in [0.1, 0.15) is 5.60 Å². The van der Waals surface area contributed by atoms with Crippen LogP contribution in [-0.4, -0.2) is 33.1 Å². The molecule has 0 atom stereocenters. The van der Waals surface area contributed by atoms with Crippen molar-refractivity contribution in [3.8, 4) is 11.4 Å². The van der Waals surface area contributed by atoms with E-state index in [2.05, 4.69) is 9.97 Å². The van der Waals surface area contributed by atoms with Gasteiger partial charge >= 0.3 is 6.09 Å². The highest BCUT2D eigenvalue weighted by Gasteiger charge is 2.26. The van der Waals surface area contributed by atoms with Crippen molar-refractivity contribution in [3.05, 3.63) is 47.8 Å². The molecule has 0 bridgehead atoms. The van der Waals surface area contributed by atoms with Crippen LogP contribution in [0.3, 0.4) is 0 Å². The molecule has 0 aliphatic carbocycles. The van der Waals surface area contributed by atoms with E-state index in [1.54, 1.807) is 4.90 Å². The lowest BCUT2D eigenvalue weighted by atomic mass is 10.1. The van der Waals surface area contributed by atoms with Crippen LogP contribution < -0.4 is 0 Å². The number of ether oxygens (including phenoxy) is 1. The zero-order valence-electron chi connectivity index (χ0n) is 13.7. The predicted molar refractivity (Wildman–Crippen MR) is 87.8 cm³/mol. The van der Waals surface area contributed by atoms with Gasteiger partial charge in [0.2, 0.25) is 0 Å². The van der Waals surface area contributed by atoms with Crippen LogP contribution in [0.4, 0.5) is 4.79 Å². The van der Waals surface area contributed by atoms with Crippen LogP contribution in [0.15, 0.2) is 36.5 Å². The summed E-state index contributed by atoms with van der Waals surface area (Å²) in [5.74, 6) is 0.690. The Morgan fingerprint density at radius 2 is 1.96 bits per heavy atom. The van der Waals surface area contributed by atoms with E-state index in [4.69, 9.17) is 4.74 Å². The van der Waals surface area contributed by atoms with Gasteiger partial charge in [0, 0.05) is 18.3 Å². The summed E-state index contributed by atoms with van der Waals surface area (Å²) < 4.78 is 5.45. The van der Waals surface area contributed by atoms with Crippen LogP contribution in [0, 0.1) is 0 Å². The van der Waals surface area contributed by atoms with Crippen LogP contribution >= 0.6 is 0 Å². The molecule has 1 aromatic heterocycles. The van der Waals surface area contributed by atoms with Crippen molar-refractivity contribution in [1.82, 2.24) is 14.9 Å². The fourth-order valence-electron chi connectivity index (χ4n) is 2.51. The van der Waals surface area contributed by atoms with E-state index in [-0.39, 0.29) is 6.09 Å². The van der Waals surface area contributed by atoms with E-state index in [9.17, 15) is 4.79 Å². The maximum absolute atomic E-state index is 12.2. The Balaban J connectivity index is 1.81. The van der Waals surface area contributed by atoms with Crippen LogP contribution in [0.2, 0.25) is 0 Å². The van der Waals surface area contributed by atoms with Gasteiger partial charge in [0.15, 0.2) is 5.82 Å². The molecule has 0 spiro atoms. The molecule has 5 nitrogen and oxygen atoms in total. The molecule has 0 unspecified atom stereocenters. The lowest BCUT2D eigenvalue weighted by Gasteiger charge is -2.30. The minimum Gasteiger partial charge on any atom is -0.444 e. The normalized spacial score (nSPS) is 14.3. The highest BCUT2D eigenvalue weighted by molar-refractivity contribution is 5.68. The second-order valence-electron chi connectivity index (χ2n) is 6.68. The SMILES string of the molecule is CC(C)(C)OC(=O)N1CCc2cnc(-c3ccccc3)nc2C1. The van der Waals surface area contributed by atoms with Crippen molar-refractivity contribution in [1.29, 1.82) is 0 Å². The topological polar surface area (TPSA) is 55.3 Å². The van der Waals surface area contributed by atoms with Crippen molar-refractivity contribution in [2.45, 2.75) is 39.3 Å². The third-order valence-electron chi connectivity index (χ3n) is 3.63. The van der Waals surface area contributed by atoms with Gasteiger partial charge in [-0.25, -0.2) is 14.8 Å². The third-order valence-corrected chi connectivity index (χ3v) is 3.63. The van der Waals surface area contributed by atoms with Gasteiger partial charge in [0.25, 0.3) is 0 Å². The minimum absolute atomic E-state index is 0.289. The smallest absolute Gasteiger partial charge is 0.410 e. The molecule has 1 aliphatic rings. The largest absolute Gasteiger partial charge is 0.444 e. The van der Waals surface area contributed by atoms with Crippen LogP contribution in [-0.2, 0) is 17.7 Å². The summed E-state index contributed by atoms with van der Waals surface area (Å²) in [5, 5.41) is 0. The summed E-state index contributed by atoms with van der Waals surface area (Å²) >= 11 is 0. The molecule has 0 N–H and O–H groups in total. The Kier molecular flexibility index (Phi) is 4.03. The summed E-state index contributed by atoms with van der Waals surface area (Å²) in [4.78, 5) is 23.0. The average molecular weight is 311 g/mol. The molecular formula is C18H21N3O2. The van der Waals surface area contributed by atoms with E-state index in [1.165, 1.54) is 0 Å². The zero-order chi connectivity index (χ0) is 16.4. The van der Waals surface area contributed by atoms with Gasteiger partial charge in [-0.1, -0.05) is 30.3 Å². The number of fused-ring (bicyclic) bond motifs is 1. The Hall–Kier alpha value is -2.43. The maximum Gasteiger partial charge on any atom is 0.410 e. The fourth-order valence-corrected chi connectivity index (χ4v) is 2.51. The molecule has 2 aromatic rings. The molecule has 1 aliphatic heterocycles. The zero-order valence-corrected chi connectivity index (χ0v) is 13.7. The van der Waals surface area contributed by atoms with Crippen LogP contribution in [0.25, 0.3) is 11.4 Å². The molecule has 3 rings (SSSR count). The first-order valence-electron chi connectivity index (χ1n) is 7.80. The Morgan fingerprint density at radius 1 is 1.22 bits per heavy atom. The fraction of sp³-hybridized carbons (Fsp3) is 0.389. The first kappa shape index (κ1) is 15.5. The van der Waals surface area contributed by atoms with Crippen molar-refractivity contribution >= 4 is 6.09 Å². The molecular weight excluding hydrogens is 290 g/mol. The summed E-state index contributed by atoms with van der Waals surface area (Å²) in [7, 11) is 0. The lowest BCUT2D eigenvalue weighted by Crippen LogP contribution is -2.40. The molecule has 5 heteroatoms. The van der Waals surface area contributed by atoms with E-state index < -0.39 is 5.60 Å². The molecule has 0 saturated carbocycles. The van der Waals surface area contributed by atoms with E-state index in [0.717, 1.165) is 23.2 Å². The Labute approximate surface area is 136 Å². The predicted octanol–water partition coefficient (Wildman–Crippen LogP) is 3.44. The monoisotopic (exact) mass is 311 g/mol. The second-order valence-corrected chi connectivity index (χ2v) is 6.68. The van der Waals surface area contributed by atoms with Crippen molar-refractivity contribution < 1.29 is 9.53 Å². The third kappa shape index (κ3) is 3.67. The summed E-state index contributed by atoms with van der Waals surface area (Å²) in [6.07, 6.45) is 2.34. The molecule has 1 aromatic carbocycles. The minimum atomic E-state index is -0.488. The number of carbonyl (C=O) groups is 1. The van der Waals surface area contributed by atoms with E-state index in [1.807, 2.05) is 57.3 Å². The van der Waals surface area contributed by atoms with Gasteiger partial charge in [0.05, 0.1) is 12.2 Å². The van der Waals surface area contributed by atoms with Gasteiger partial charge in [-0.2, -0.15) is 0 Å². The van der Waals surface area contributed by atoms with Gasteiger partial charge in [-0.3, -0.25) is 0 Å². The van der Waals surface area contributed by atoms with Crippen molar-refractivity contribution in [2.24, 2.45) is 0 Å². The second kappa shape index (κ2) is 5.99. The number of carbonyl (C=O) groups excluding carboxylic acids is 1. The van der Waals surface area contributed by atoms with E-state index in [0.29, 0.717) is 18.9 Å². The van der Waals surface area contributed by atoms with Gasteiger partial charge < -0.3 is 9.64 Å².